The smallest absolute Gasteiger partial charge is 0.292 e. The minimum absolute atomic E-state index is 0.157. The molecule has 6 heteroatoms. The molecule has 2 aromatic heterocycles. The molecule has 0 fully saturated rings. The van der Waals surface area contributed by atoms with Gasteiger partial charge in [-0.25, -0.2) is 4.98 Å². The lowest BCUT2D eigenvalue weighted by atomic mass is 10.1. The SMILES string of the molecule is Cc1cccc(NC(=O)c2nc(C(=O)NC(C)c3ccccc3)c3ccccn23)c1. The van der Waals surface area contributed by atoms with E-state index < -0.39 is 0 Å². The third-order valence-corrected chi connectivity index (χ3v) is 4.89. The highest BCUT2D eigenvalue weighted by Gasteiger charge is 2.22. The summed E-state index contributed by atoms with van der Waals surface area (Å²) in [6, 6.07) is 22.4. The van der Waals surface area contributed by atoms with Crippen LogP contribution in [0.15, 0.2) is 79.0 Å². The number of nitrogens with one attached hydrogen (secondary N) is 2. The molecule has 2 amide bonds. The lowest BCUT2D eigenvalue weighted by molar-refractivity contribution is 0.0937. The number of carbonyl (C=O) groups excluding carboxylic acids is 2. The fourth-order valence-corrected chi connectivity index (χ4v) is 3.36. The van der Waals surface area contributed by atoms with Gasteiger partial charge in [0.2, 0.25) is 5.82 Å². The van der Waals surface area contributed by atoms with Crippen molar-refractivity contribution in [2.75, 3.05) is 5.32 Å². The van der Waals surface area contributed by atoms with Gasteiger partial charge in [-0.3, -0.25) is 14.0 Å². The number of benzene rings is 2. The Morgan fingerprint density at radius 2 is 1.70 bits per heavy atom. The minimum atomic E-state index is -0.378. The number of pyridine rings is 1. The van der Waals surface area contributed by atoms with E-state index in [0.717, 1.165) is 11.1 Å². The molecule has 2 aromatic carbocycles. The number of anilines is 1. The largest absolute Gasteiger partial charge is 0.344 e. The summed E-state index contributed by atoms with van der Waals surface area (Å²) in [6.45, 7) is 3.87. The van der Waals surface area contributed by atoms with Crippen molar-refractivity contribution in [2.45, 2.75) is 19.9 Å². The van der Waals surface area contributed by atoms with Crippen molar-refractivity contribution < 1.29 is 9.59 Å². The molecule has 0 aliphatic heterocycles. The van der Waals surface area contributed by atoms with E-state index in [1.165, 1.54) is 0 Å². The predicted octanol–water partition coefficient (Wildman–Crippen LogP) is 4.39. The van der Waals surface area contributed by atoms with Crippen molar-refractivity contribution >= 4 is 23.0 Å². The zero-order valence-electron chi connectivity index (χ0n) is 16.8. The van der Waals surface area contributed by atoms with Gasteiger partial charge >= 0.3 is 0 Å². The summed E-state index contributed by atoms with van der Waals surface area (Å²) in [7, 11) is 0. The van der Waals surface area contributed by atoms with E-state index in [4.69, 9.17) is 0 Å². The van der Waals surface area contributed by atoms with E-state index in [0.29, 0.717) is 11.2 Å². The van der Waals surface area contributed by atoms with Crippen molar-refractivity contribution in [3.8, 4) is 0 Å². The lowest BCUT2D eigenvalue weighted by Gasteiger charge is -2.13. The van der Waals surface area contributed by atoms with Crippen molar-refractivity contribution in [1.29, 1.82) is 0 Å². The first-order chi connectivity index (χ1) is 14.5. The average Bonchev–Trinajstić information content (AvgIpc) is 3.14. The fourth-order valence-electron chi connectivity index (χ4n) is 3.36. The second kappa shape index (κ2) is 8.21. The summed E-state index contributed by atoms with van der Waals surface area (Å²) in [5.74, 6) is -0.550. The molecule has 0 spiro atoms. The third kappa shape index (κ3) is 3.93. The molecule has 4 aromatic rings. The molecule has 0 saturated carbocycles. The van der Waals surface area contributed by atoms with Crippen molar-refractivity contribution in [2.24, 2.45) is 0 Å². The lowest BCUT2D eigenvalue weighted by Crippen LogP contribution is -2.27. The maximum absolute atomic E-state index is 13.0. The topological polar surface area (TPSA) is 75.5 Å². The zero-order valence-corrected chi connectivity index (χ0v) is 16.8. The number of fused-ring (bicyclic) bond motifs is 1. The van der Waals surface area contributed by atoms with E-state index in [2.05, 4.69) is 15.6 Å². The summed E-state index contributed by atoms with van der Waals surface area (Å²) in [5.41, 5.74) is 3.50. The molecule has 2 N–H and O–H groups in total. The van der Waals surface area contributed by atoms with Gasteiger partial charge in [0.25, 0.3) is 11.8 Å². The standard InChI is InChI=1S/C24H22N4O2/c1-16-9-8-12-19(15-16)26-24(30)22-27-21(20-13-6-7-14-28(20)22)23(29)25-17(2)18-10-4-3-5-11-18/h3-15,17H,1-2H3,(H,25,29)(H,26,30). The molecule has 4 rings (SSSR count). The summed E-state index contributed by atoms with van der Waals surface area (Å²) in [4.78, 5) is 30.2. The molecule has 30 heavy (non-hydrogen) atoms. The highest BCUT2D eigenvalue weighted by molar-refractivity contribution is 6.06. The molecule has 0 saturated heterocycles. The van der Waals surface area contributed by atoms with Crippen molar-refractivity contribution in [3.05, 3.63) is 102 Å². The van der Waals surface area contributed by atoms with E-state index in [-0.39, 0.29) is 29.4 Å². The van der Waals surface area contributed by atoms with Gasteiger partial charge in [-0.2, -0.15) is 0 Å². The van der Waals surface area contributed by atoms with Gasteiger partial charge in [0.1, 0.15) is 0 Å². The number of amides is 2. The average molecular weight is 398 g/mol. The Labute approximate surface area is 174 Å². The Hall–Kier alpha value is -3.93. The molecule has 1 atom stereocenters. The van der Waals surface area contributed by atoms with Gasteiger partial charge in [-0.05, 0) is 49.2 Å². The van der Waals surface area contributed by atoms with E-state index >= 15 is 0 Å². The fraction of sp³-hybridized carbons (Fsp3) is 0.125. The number of rotatable bonds is 5. The van der Waals surface area contributed by atoms with Crippen LogP contribution < -0.4 is 10.6 Å². The first-order valence-electron chi connectivity index (χ1n) is 9.74. The van der Waals surface area contributed by atoms with E-state index in [1.807, 2.05) is 74.5 Å². The quantitative estimate of drug-likeness (QED) is 0.524. The molecule has 0 radical (unpaired) electrons. The summed E-state index contributed by atoms with van der Waals surface area (Å²) in [6.07, 6.45) is 1.73. The Balaban J connectivity index is 1.63. The van der Waals surface area contributed by atoms with Crippen LogP contribution in [-0.4, -0.2) is 21.2 Å². The van der Waals surface area contributed by atoms with Gasteiger partial charge in [0.05, 0.1) is 11.6 Å². The molecular weight excluding hydrogens is 376 g/mol. The molecular formula is C24H22N4O2. The van der Waals surface area contributed by atoms with Crippen LogP contribution in [0.1, 0.15) is 45.2 Å². The summed E-state index contributed by atoms with van der Waals surface area (Å²) in [5, 5.41) is 5.82. The van der Waals surface area contributed by atoms with Crippen LogP contribution in [0.2, 0.25) is 0 Å². The molecule has 0 aliphatic carbocycles. The van der Waals surface area contributed by atoms with Crippen LogP contribution in [-0.2, 0) is 0 Å². The van der Waals surface area contributed by atoms with Crippen molar-refractivity contribution in [1.82, 2.24) is 14.7 Å². The Morgan fingerprint density at radius 1 is 0.933 bits per heavy atom. The van der Waals surface area contributed by atoms with Crippen molar-refractivity contribution in [3.63, 3.8) is 0 Å². The van der Waals surface area contributed by atoms with Crippen LogP contribution in [0.3, 0.4) is 0 Å². The number of aryl methyl sites for hydroxylation is 1. The second-order valence-electron chi connectivity index (χ2n) is 7.17. The maximum atomic E-state index is 13.0. The highest BCUT2D eigenvalue weighted by Crippen LogP contribution is 2.18. The minimum Gasteiger partial charge on any atom is -0.344 e. The Morgan fingerprint density at radius 3 is 2.47 bits per heavy atom. The first-order valence-corrected chi connectivity index (χ1v) is 9.74. The van der Waals surface area contributed by atoms with E-state index in [9.17, 15) is 9.59 Å². The monoisotopic (exact) mass is 398 g/mol. The number of imidazole rings is 1. The molecule has 6 nitrogen and oxygen atoms in total. The number of aromatic nitrogens is 2. The Kier molecular flexibility index (Phi) is 5.30. The third-order valence-electron chi connectivity index (χ3n) is 4.89. The summed E-state index contributed by atoms with van der Waals surface area (Å²) >= 11 is 0. The van der Waals surface area contributed by atoms with Gasteiger partial charge in [-0.1, -0.05) is 48.5 Å². The van der Waals surface area contributed by atoms with Gasteiger partial charge in [0, 0.05) is 11.9 Å². The van der Waals surface area contributed by atoms with Gasteiger partial charge < -0.3 is 10.6 Å². The molecule has 150 valence electrons. The number of nitrogens with zero attached hydrogens (tertiary/aromatic N) is 2. The molecule has 0 bridgehead atoms. The van der Waals surface area contributed by atoms with Crippen LogP contribution in [0.5, 0.6) is 0 Å². The zero-order chi connectivity index (χ0) is 21.1. The van der Waals surface area contributed by atoms with Crippen LogP contribution in [0, 0.1) is 6.92 Å². The molecule has 2 heterocycles. The van der Waals surface area contributed by atoms with Crippen LogP contribution in [0.4, 0.5) is 5.69 Å². The van der Waals surface area contributed by atoms with Gasteiger partial charge in [0.15, 0.2) is 5.69 Å². The van der Waals surface area contributed by atoms with Crippen LogP contribution >= 0.6 is 0 Å². The maximum Gasteiger partial charge on any atom is 0.292 e. The highest BCUT2D eigenvalue weighted by atomic mass is 16.2. The number of hydrogen-bond acceptors (Lipinski definition) is 3. The summed E-state index contributed by atoms with van der Waals surface area (Å²) < 4.78 is 1.63. The van der Waals surface area contributed by atoms with E-state index in [1.54, 1.807) is 22.7 Å². The normalized spacial score (nSPS) is 11.8. The molecule has 0 aliphatic rings. The van der Waals surface area contributed by atoms with Crippen LogP contribution in [0.25, 0.3) is 5.52 Å². The van der Waals surface area contributed by atoms with Gasteiger partial charge in [-0.15, -0.1) is 0 Å². The second-order valence-corrected chi connectivity index (χ2v) is 7.17. The number of carbonyl (C=O) groups is 2. The first kappa shape index (κ1) is 19.4. The molecule has 1 unspecified atom stereocenters. The number of hydrogen-bond donors (Lipinski definition) is 2. The predicted molar refractivity (Wildman–Crippen MR) is 117 cm³/mol. The Bertz CT molecular complexity index is 1210.